The molecule has 170 valence electrons. The Kier molecular flexibility index (Phi) is 11.7. The van der Waals surface area contributed by atoms with E-state index in [4.69, 9.17) is 0 Å². The zero-order valence-electron chi connectivity index (χ0n) is 19.1. The van der Waals surface area contributed by atoms with Crippen molar-refractivity contribution in [1.82, 2.24) is 4.90 Å². The molecule has 1 aliphatic heterocycles. The minimum atomic E-state index is -0.946. The van der Waals surface area contributed by atoms with E-state index in [9.17, 15) is 14.7 Å². The predicted octanol–water partition coefficient (Wildman–Crippen LogP) is 6.97. The second-order valence-corrected chi connectivity index (χ2v) is 8.44. The van der Waals surface area contributed by atoms with Crippen molar-refractivity contribution in [3.05, 3.63) is 59.7 Å². The highest BCUT2D eigenvalue weighted by molar-refractivity contribution is 5.86. The van der Waals surface area contributed by atoms with Crippen LogP contribution in [0, 0.1) is 0 Å². The highest BCUT2D eigenvalue weighted by atomic mass is 16.4. The molecule has 1 N–H and O–H groups in total. The number of hydrogen-bond donors (Lipinski definition) is 1. The molecule has 0 aliphatic carbocycles. The van der Waals surface area contributed by atoms with Crippen molar-refractivity contribution in [1.29, 1.82) is 0 Å². The first kappa shape index (κ1) is 24.9. The molecule has 31 heavy (non-hydrogen) atoms. The van der Waals surface area contributed by atoms with Crippen LogP contribution in [0.2, 0.25) is 0 Å². The van der Waals surface area contributed by atoms with Gasteiger partial charge in [0, 0.05) is 13.0 Å². The number of benzene rings is 1. The van der Waals surface area contributed by atoms with Crippen LogP contribution in [0.25, 0.3) is 0 Å². The Morgan fingerprint density at radius 1 is 0.935 bits per heavy atom. The SMILES string of the molecule is CCCCC/C=C\C/C=C\CCCCCCCC(=O)N1Cc2ccccc2[C@@H]1C(=O)O. The van der Waals surface area contributed by atoms with Gasteiger partial charge in [0.25, 0.3) is 0 Å². The van der Waals surface area contributed by atoms with Crippen molar-refractivity contribution in [3.8, 4) is 0 Å². The first-order valence-corrected chi connectivity index (χ1v) is 12.0. The predicted molar refractivity (Wildman–Crippen MR) is 127 cm³/mol. The second kappa shape index (κ2) is 14.6. The fraction of sp³-hybridized carbons (Fsp3) is 0.556. The van der Waals surface area contributed by atoms with Gasteiger partial charge in [0.1, 0.15) is 0 Å². The van der Waals surface area contributed by atoms with E-state index >= 15 is 0 Å². The van der Waals surface area contributed by atoms with Gasteiger partial charge in [-0.05, 0) is 49.7 Å². The first-order chi connectivity index (χ1) is 15.1. The van der Waals surface area contributed by atoms with E-state index in [0.29, 0.717) is 13.0 Å². The lowest BCUT2D eigenvalue weighted by molar-refractivity contribution is -0.150. The Morgan fingerprint density at radius 3 is 2.29 bits per heavy atom. The Labute approximate surface area is 188 Å². The number of carboxylic acid groups (broad SMARTS) is 1. The average Bonchev–Trinajstić information content (AvgIpc) is 3.16. The third kappa shape index (κ3) is 8.72. The molecular weight excluding hydrogens is 386 g/mol. The molecule has 1 amide bonds. The molecule has 0 fully saturated rings. The molecule has 0 saturated carbocycles. The summed E-state index contributed by atoms with van der Waals surface area (Å²) in [5.74, 6) is -0.993. The lowest BCUT2D eigenvalue weighted by atomic mass is 10.0. The van der Waals surface area contributed by atoms with Crippen molar-refractivity contribution >= 4 is 11.9 Å². The highest BCUT2D eigenvalue weighted by Crippen LogP contribution is 2.34. The fourth-order valence-corrected chi connectivity index (χ4v) is 4.12. The molecule has 0 radical (unpaired) electrons. The number of carboxylic acids is 1. The van der Waals surface area contributed by atoms with Crippen LogP contribution in [-0.4, -0.2) is 21.9 Å². The van der Waals surface area contributed by atoms with Crippen molar-refractivity contribution in [2.24, 2.45) is 0 Å². The molecule has 1 aliphatic rings. The van der Waals surface area contributed by atoms with E-state index in [0.717, 1.165) is 43.2 Å². The molecule has 4 heteroatoms. The van der Waals surface area contributed by atoms with Gasteiger partial charge in [-0.1, -0.05) is 87.6 Å². The van der Waals surface area contributed by atoms with Crippen molar-refractivity contribution in [3.63, 3.8) is 0 Å². The number of carbonyl (C=O) groups excluding carboxylic acids is 1. The lowest BCUT2D eigenvalue weighted by Gasteiger charge is -2.22. The number of aliphatic carboxylic acids is 1. The summed E-state index contributed by atoms with van der Waals surface area (Å²) in [4.78, 5) is 25.8. The van der Waals surface area contributed by atoms with Crippen LogP contribution in [-0.2, 0) is 16.1 Å². The van der Waals surface area contributed by atoms with Crippen LogP contribution in [0.15, 0.2) is 48.6 Å². The molecule has 1 atom stereocenters. The molecule has 0 aromatic heterocycles. The van der Waals surface area contributed by atoms with E-state index in [1.807, 2.05) is 24.3 Å². The van der Waals surface area contributed by atoms with Crippen molar-refractivity contribution < 1.29 is 14.7 Å². The van der Waals surface area contributed by atoms with Crippen molar-refractivity contribution in [2.75, 3.05) is 0 Å². The van der Waals surface area contributed by atoms with Gasteiger partial charge in [0.2, 0.25) is 5.91 Å². The molecule has 4 nitrogen and oxygen atoms in total. The zero-order chi connectivity index (χ0) is 22.3. The van der Waals surface area contributed by atoms with Crippen LogP contribution >= 0.6 is 0 Å². The van der Waals surface area contributed by atoms with Gasteiger partial charge >= 0.3 is 5.97 Å². The summed E-state index contributed by atoms with van der Waals surface area (Å²) in [7, 11) is 0. The summed E-state index contributed by atoms with van der Waals surface area (Å²) in [6.07, 6.45) is 22.1. The van der Waals surface area contributed by atoms with E-state index in [2.05, 4.69) is 31.2 Å². The van der Waals surface area contributed by atoms with E-state index in [1.165, 1.54) is 43.4 Å². The Morgan fingerprint density at radius 2 is 1.58 bits per heavy atom. The van der Waals surface area contributed by atoms with Gasteiger partial charge < -0.3 is 10.0 Å². The van der Waals surface area contributed by atoms with Crippen LogP contribution in [0.4, 0.5) is 0 Å². The van der Waals surface area contributed by atoms with Gasteiger partial charge in [0.15, 0.2) is 6.04 Å². The number of hydrogen-bond acceptors (Lipinski definition) is 2. The van der Waals surface area contributed by atoms with Crippen LogP contribution < -0.4 is 0 Å². The number of unbranched alkanes of at least 4 members (excludes halogenated alkanes) is 8. The summed E-state index contributed by atoms with van der Waals surface area (Å²) in [6, 6.07) is 6.63. The Hall–Kier alpha value is -2.36. The maximum atomic E-state index is 12.6. The number of fused-ring (bicyclic) bond motifs is 1. The number of rotatable bonds is 15. The first-order valence-electron chi connectivity index (χ1n) is 12.0. The summed E-state index contributed by atoms with van der Waals surface area (Å²) in [5, 5.41) is 9.58. The van der Waals surface area contributed by atoms with E-state index < -0.39 is 12.0 Å². The number of amides is 1. The van der Waals surface area contributed by atoms with Gasteiger partial charge in [-0.3, -0.25) is 4.79 Å². The monoisotopic (exact) mass is 425 g/mol. The van der Waals surface area contributed by atoms with Gasteiger partial charge in [-0.2, -0.15) is 0 Å². The van der Waals surface area contributed by atoms with E-state index in [-0.39, 0.29) is 5.91 Å². The van der Waals surface area contributed by atoms with Gasteiger partial charge in [-0.25, -0.2) is 4.79 Å². The molecule has 0 unspecified atom stereocenters. The quantitative estimate of drug-likeness (QED) is 0.244. The molecule has 0 saturated heterocycles. The summed E-state index contributed by atoms with van der Waals surface area (Å²) in [5.41, 5.74) is 1.70. The van der Waals surface area contributed by atoms with Crippen LogP contribution in [0.1, 0.15) is 101 Å². The molecular formula is C27H39NO3. The molecule has 1 aromatic carbocycles. The van der Waals surface area contributed by atoms with Crippen molar-refractivity contribution in [2.45, 2.75) is 96.6 Å². The normalized spacial score (nSPS) is 15.8. The van der Waals surface area contributed by atoms with Crippen LogP contribution in [0.5, 0.6) is 0 Å². The molecule has 1 heterocycles. The van der Waals surface area contributed by atoms with E-state index in [1.54, 1.807) is 0 Å². The van der Waals surface area contributed by atoms with Gasteiger partial charge in [0.05, 0.1) is 0 Å². The minimum Gasteiger partial charge on any atom is -0.479 e. The maximum Gasteiger partial charge on any atom is 0.331 e. The lowest BCUT2D eigenvalue weighted by Crippen LogP contribution is -2.33. The number of carbonyl (C=O) groups is 2. The van der Waals surface area contributed by atoms with Gasteiger partial charge in [-0.15, -0.1) is 0 Å². The highest BCUT2D eigenvalue weighted by Gasteiger charge is 2.37. The number of nitrogens with zero attached hydrogens (tertiary/aromatic N) is 1. The Balaban J connectivity index is 1.53. The zero-order valence-corrected chi connectivity index (χ0v) is 19.1. The molecule has 2 rings (SSSR count). The topological polar surface area (TPSA) is 57.6 Å². The summed E-state index contributed by atoms with van der Waals surface area (Å²) in [6.45, 7) is 2.64. The third-order valence-electron chi connectivity index (χ3n) is 5.90. The minimum absolute atomic E-state index is 0.0470. The Bertz CT molecular complexity index is 738. The van der Waals surface area contributed by atoms with Crippen LogP contribution in [0.3, 0.4) is 0 Å². The second-order valence-electron chi connectivity index (χ2n) is 8.44. The average molecular weight is 426 g/mol. The number of allylic oxidation sites excluding steroid dienone is 4. The fourth-order valence-electron chi connectivity index (χ4n) is 4.12. The standard InChI is InChI=1S/C27H39NO3/c1-2-3-4-5-6-7-8-9-10-11-12-13-14-15-16-21-25(29)28-22-23-19-17-18-20-24(23)26(28)27(30)31/h6-7,9-10,17-20,26H,2-5,8,11-16,21-22H2,1H3,(H,30,31)/b7-6-,10-9-/t26-/m1/s1. The third-order valence-corrected chi connectivity index (χ3v) is 5.90. The molecule has 0 spiro atoms. The maximum absolute atomic E-state index is 12.6. The molecule has 1 aromatic rings. The smallest absolute Gasteiger partial charge is 0.331 e. The summed E-state index contributed by atoms with van der Waals surface area (Å²) >= 11 is 0. The molecule has 0 bridgehead atoms. The largest absolute Gasteiger partial charge is 0.479 e. The summed E-state index contributed by atoms with van der Waals surface area (Å²) < 4.78 is 0.